The van der Waals surface area contributed by atoms with Gasteiger partial charge in [0.2, 0.25) is 0 Å². The maximum Gasteiger partial charge on any atom is 0.407 e. The highest BCUT2D eigenvalue weighted by Gasteiger charge is 2.30. The SMILES string of the molecule is CCOC(=O)c1cc2c(Nc3cc([C@@H]4CC[C@H](OC(=O)NC(C)C)C4)[nH]n3)nc(C)cn2n1. The van der Waals surface area contributed by atoms with Gasteiger partial charge < -0.3 is 20.1 Å². The molecule has 0 unspecified atom stereocenters. The number of nitrogens with one attached hydrogen (secondary N) is 3. The Morgan fingerprint density at radius 3 is 2.88 bits per heavy atom. The van der Waals surface area contributed by atoms with Gasteiger partial charge in [0.25, 0.3) is 0 Å². The normalized spacial score (nSPS) is 18.0. The van der Waals surface area contributed by atoms with Crippen LogP contribution in [0.3, 0.4) is 0 Å². The lowest BCUT2D eigenvalue weighted by atomic mass is 10.0. The second-order valence-corrected chi connectivity index (χ2v) is 8.48. The minimum atomic E-state index is -0.480. The Labute approximate surface area is 191 Å². The molecule has 0 aliphatic heterocycles. The molecule has 2 atom stereocenters. The zero-order valence-electron chi connectivity index (χ0n) is 19.2. The van der Waals surface area contributed by atoms with E-state index in [1.165, 1.54) is 0 Å². The number of carbonyl (C=O) groups is 2. The molecule has 1 saturated carbocycles. The molecule has 33 heavy (non-hydrogen) atoms. The number of ether oxygens (including phenoxy) is 2. The van der Waals surface area contributed by atoms with Crippen molar-refractivity contribution < 1.29 is 19.1 Å². The summed E-state index contributed by atoms with van der Waals surface area (Å²) in [5.74, 6) is 0.882. The third-order valence-corrected chi connectivity index (χ3v) is 5.41. The van der Waals surface area contributed by atoms with Crippen molar-refractivity contribution in [3.8, 4) is 0 Å². The van der Waals surface area contributed by atoms with E-state index in [2.05, 4.69) is 30.9 Å². The highest BCUT2D eigenvalue weighted by atomic mass is 16.6. The molecular formula is C22H29N7O4. The zero-order chi connectivity index (χ0) is 23.5. The van der Waals surface area contributed by atoms with Gasteiger partial charge >= 0.3 is 12.1 Å². The second kappa shape index (κ2) is 9.47. The minimum Gasteiger partial charge on any atom is -0.461 e. The Bertz CT molecular complexity index is 1150. The number of hydrogen-bond acceptors (Lipinski definition) is 8. The zero-order valence-corrected chi connectivity index (χ0v) is 19.2. The van der Waals surface area contributed by atoms with Crippen LogP contribution in [0.25, 0.3) is 5.52 Å². The van der Waals surface area contributed by atoms with Gasteiger partial charge in [-0.1, -0.05) is 0 Å². The molecule has 1 amide bonds. The maximum absolute atomic E-state index is 12.1. The fraction of sp³-hybridized carbons (Fsp3) is 0.500. The Hall–Kier alpha value is -3.63. The summed E-state index contributed by atoms with van der Waals surface area (Å²) in [5.41, 5.74) is 2.55. The highest BCUT2D eigenvalue weighted by Crippen LogP contribution is 2.36. The van der Waals surface area contributed by atoms with Crippen LogP contribution in [0, 0.1) is 6.92 Å². The number of hydrogen-bond donors (Lipinski definition) is 3. The Balaban J connectivity index is 1.45. The number of anilines is 2. The molecule has 0 saturated heterocycles. The molecule has 176 valence electrons. The smallest absolute Gasteiger partial charge is 0.407 e. The fourth-order valence-corrected chi connectivity index (χ4v) is 3.99. The van der Waals surface area contributed by atoms with Gasteiger partial charge in [-0.3, -0.25) is 5.10 Å². The van der Waals surface area contributed by atoms with Gasteiger partial charge in [0.05, 0.1) is 18.5 Å². The molecule has 11 nitrogen and oxygen atoms in total. The number of amides is 1. The summed E-state index contributed by atoms with van der Waals surface area (Å²) in [6, 6.07) is 3.62. The number of nitrogens with zero attached hydrogens (tertiary/aromatic N) is 4. The molecule has 0 aromatic carbocycles. The number of fused-ring (bicyclic) bond motifs is 1. The predicted octanol–water partition coefficient (Wildman–Crippen LogP) is 3.45. The van der Waals surface area contributed by atoms with Crippen LogP contribution in [0.15, 0.2) is 18.3 Å². The van der Waals surface area contributed by atoms with Crippen LogP contribution in [-0.2, 0) is 9.47 Å². The molecule has 3 aromatic rings. The summed E-state index contributed by atoms with van der Waals surface area (Å²) in [5, 5.41) is 17.7. The lowest BCUT2D eigenvalue weighted by Gasteiger charge is -2.14. The van der Waals surface area contributed by atoms with Crippen LogP contribution in [0.2, 0.25) is 0 Å². The average molecular weight is 456 g/mol. The van der Waals surface area contributed by atoms with Gasteiger partial charge in [-0.05, 0) is 47.0 Å². The van der Waals surface area contributed by atoms with Crippen molar-refractivity contribution in [3.63, 3.8) is 0 Å². The van der Waals surface area contributed by atoms with E-state index >= 15 is 0 Å². The van der Waals surface area contributed by atoms with Crippen LogP contribution < -0.4 is 10.6 Å². The quantitative estimate of drug-likeness (QED) is 0.461. The Kier molecular flexibility index (Phi) is 6.47. The lowest BCUT2D eigenvalue weighted by Crippen LogP contribution is -2.33. The summed E-state index contributed by atoms with van der Waals surface area (Å²) in [6.45, 7) is 7.67. The van der Waals surface area contributed by atoms with Crippen molar-refractivity contribution in [2.45, 2.75) is 65.0 Å². The van der Waals surface area contributed by atoms with Crippen molar-refractivity contribution in [1.29, 1.82) is 0 Å². The molecule has 11 heteroatoms. The molecule has 1 aliphatic carbocycles. The van der Waals surface area contributed by atoms with Crippen molar-refractivity contribution >= 4 is 29.2 Å². The van der Waals surface area contributed by atoms with Gasteiger partial charge in [-0.15, -0.1) is 0 Å². The second-order valence-electron chi connectivity index (χ2n) is 8.48. The topological polar surface area (TPSA) is 136 Å². The summed E-state index contributed by atoms with van der Waals surface area (Å²) >= 11 is 0. The number of alkyl carbamates (subject to hydrolysis) is 1. The first-order chi connectivity index (χ1) is 15.8. The van der Waals surface area contributed by atoms with Gasteiger partial charge in [0, 0.05) is 29.8 Å². The lowest BCUT2D eigenvalue weighted by molar-refractivity contribution is 0.0519. The largest absolute Gasteiger partial charge is 0.461 e. The first-order valence-electron chi connectivity index (χ1n) is 11.2. The molecule has 3 aromatic heterocycles. The molecule has 4 rings (SSSR count). The molecule has 0 spiro atoms. The van der Waals surface area contributed by atoms with E-state index in [9.17, 15) is 9.59 Å². The maximum atomic E-state index is 12.1. The third-order valence-electron chi connectivity index (χ3n) is 5.41. The van der Waals surface area contributed by atoms with E-state index in [4.69, 9.17) is 9.47 Å². The standard InChI is InChI=1S/C22H29N7O4/c1-5-32-21(30)17-9-18-20(24-13(4)11-29(18)28-17)25-19-10-16(26-27-19)14-6-7-15(8-14)33-22(31)23-12(2)3/h9-12,14-15H,5-8H2,1-4H3,(H,23,31)(H2,24,25,26,27)/t14-,15+/m1/s1. The number of aryl methyl sites for hydroxylation is 1. The van der Waals surface area contributed by atoms with Crippen LogP contribution in [0.4, 0.5) is 16.4 Å². The molecular weight excluding hydrogens is 426 g/mol. The summed E-state index contributed by atoms with van der Waals surface area (Å²) in [7, 11) is 0. The molecule has 1 aliphatic rings. The highest BCUT2D eigenvalue weighted by molar-refractivity contribution is 5.90. The van der Waals surface area contributed by atoms with E-state index in [-0.39, 0.29) is 36.5 Å². The number of carbonyl (C=O) groups excluding carboxylic acids is 2. The van der Waals surface area contributed by atoms with Crippen molar-refractivity contribution in [3.05, 3.63) is 35.4 Å². The van der Waals surface area contributed by atoms with E-state index < -0.39 is 5.97 Å². The first kappa shape index (κ1) is 22.6. The van der Waals surface area contributed by atoms with E-state index in [1.54, 1.807) is 23.7 Å². The van der Waals surface area contributed by atoms with E-state index in [1.807, 2.05) is 26.8 Å². The molecule has 1 fully saturated rings. The monoisotopic (exact) mass is 455 g/mol. The van der Waals surface area contributed by atoms with Crippen molar-refractivity contribution in [2.24, 2.45) is 0 Å². The fourth-order valence-electron chi connectivity index (χ4n) is 3.99. The first-order valence-corrected chi connectivity index (χ1v) is 11.2. The Morgan fingerprint density at radius 1 is 1.30 bits per heavy atom. The summed E-state index contributed by atoms with van der Waals surface area (Å²) < 4.78 is 12.2. The number of aromatic amines is 1. The van der Waals surface area contributed by atoms with Crippen LogP contribution >= 0.6 is 0 Å². The molecule has 3 N–H and O–H groups in total. The van der Waals surface area contributed by atoms with Crippen molar-refractivity contribution in [1.82, 2.24) is 30.1 Å². The number of aromatic nitrogens is 5. The number of H-pyrrole nitrogens is 1. The molecule has 0 radical (unpaired) electrons. The van der Waals surface area contributed by atoms with Crippen LogP contribution in [-0.4, -0.2) is 55.6 Å². The van der Waals surface area contributed by atoms with Crippen LogP contribution in [0.5, 0.6) is 0 Å². The van der Waals surface area contributed by atoms with Gasteiger partial charge in [0.1, 0.15) is 11.6 Å². The van der Waals surface area contributed by atoms with Gasteiger partial charge in [0.15, 0.2) is 17.3 Å². The third kappa shape index (κ3) is 5.24. The summed E-state index contributed by atoms with van der Waals surface area (Å²) in [4.78, 5) is 28.5. The number of esters is 1. The molecule has 3 heterocycles. The molecule has 0 bridgehead atoms. The van der Waals surface area contributed by atoms with Gasteiger partial charge in [-0.2, -0.15) is 10.2 Å². The number of rotatable bonds is 7. The predicted molar refractivity (Wildman–Crippen MR) is 121 cm³/mol. The average Bonchev–Trinajstić information content (AvgIpc) is 3.46. The van der Waals surface area contributed by atoms with E-state index in [0.717, 1.165) is 30.7 Å². The van der Waals surface area contributed by atoms with E-state index in [0.29, 0.717) is 17.2 Å². The Morgan fingerprint density at radius 2 is 2.12 bits per heavy atom. The summed E-state index contributed by atoms with van der Waals surface area (Å²) in [6.07, 6.45) is 3.71. The van der Waals surface area contributed by atoms with Crippen LogP contribution in [0.1, 0.15) is 67.8 Å². The van der Waals surface area contributed by atoms with Crippen molar-refractivity contribution in [2.75, 3.05) is 11.9 Å². The minimum absolute atomic E-state index is 0.0433. The van der Waals surface area contributed by atoms with Gasteiger partial charge in [-0.25, -0.2) is 19.1 Å².